The first kappa shape index (κ1) is 46.3. The largest absolute Gasteiger partial charge is 0.506 e. The number of hydrogen-bond acceptors (Lipinski definition) is 14. The Hall–Kier alpha value is -5.42. The Morgan fingerprint density at radius 1 is 0.897 bits per heavy atom. The second kappa shape index (κ2) is 14.7. The molecule has 15 heteroatoms. The molecular formula is C63H70N6O9. The first-order chi connectivity index (χ1) is 37.9. The molecule has 10 aliphatic heterocycles. The van der Waals surface area contributed by atoms with Gasteiger partial charge in [0.1, 0.15) is 11.5 Å². The summed E-state index contributed by atoms with van der Waals surface area (Å²) in [5.74, 6) is -0.0119. The number of phenolic OH excluding ortho intramolecular Hbond substituents is 1. The minimum Gasteiger partial charge on any atom is -0.506 e. The predicted octanol–water partition coefficient (Wildman–Crippen LogP) is 6.66. The lowest BCUT2D eigenvalue weighted by atomic mass is 9.50. The summed E-state index contributed by atoms with van der Waals surface area (Å²) >= 11 is 0. The second-order valence-electron chi connectivity index (χ2n) is 26.7. The van der Waals surface area contributed by atoms with E-state index < -0.39 is 22.0 Å². The fourth-order valence-corrected chi connectivity index (χ4v) is 23.1. The maximum Gasteiger partial charge on any atom is 0.335 e. The van der Waals surface area contributed by atoms with Gasteiger partial charge in [-0.2, -0.15) is 0 Å². The number of H-pyrrole nitrogens is 1. The van der Waals surface area contributed by atoms with Crippen molar-refractivity contribution in [3.8, 4) is 11.5 Å². The van der Waals surface area contributed by atoms with E-state index in [1.54, 1.807) is 7.11 Å². The van der Waals surface area contributed by atoms with Crippen LogP contribution in [0.2, 0.25) is 0 Å². The Balaban J connectivity index is 0.868. The van der Waals surface area contributed by atoms with Crippen LogP contribution in [0, 0.1) is 39.9 Å². The quantitative estimate of drug-likeness (QED) is 0.127. The summed E-state index contributed by atoms with van der Waals surface area (Å²) < 4.78 is 31.7. The summed E-state index contributed by atoms with van der Waals surface area (Å²) in [4.78, 5) is 42.8. The van der Waals surface area contributed by atoms with Gasteiger partial charge in [-0.05, 0) is 125 Å². The van der Waals surface area contributed by atoms with Crippen LogP contribution >= 0.6 is 0 Å². The first-order valence-corrected chi connectivity index (χ1v) is 29.3. The molecule has 18 rings (SSSR count). The van der Waals surface area contributed by atoms with Crippen LogP contribution in [0.4, 0.5) is 11.4 Å². The molecule has 406 valence electrons. The van der Waals surface area contributed by atoms with Crippen LogP contribution in [0.15, 0.2) is 77.5 Å². The van der Waals surface area contributed by atoms with E-state index in [1.807, 2.05) is 6.07 Å². The van der Waals surface area contributed by atoms with Gasteiger partial charge in [0.05, 0.1) is 73.4 Å². The number of methoxy groups -OCH3 is 3. The van der Waals surface area contributed by atoms with Crippen LogP contribution in [0.25, 0.3) is 10.9 Å². The second-order valence-corrected chi connectivity index (χ2v) is 26.7. The molecule has 4 N–H and O–H groups in total. The lowest BCUT2D eigenvalue weighted by Crippen LogP contribution is -2.78. The van der Waals surface area contributed by atoms with Gasteiger partial charge in [-0.25, -0.2) is 4.79 Å². The van der Waals surface area contributed by atoms with Gasteiger partial charge >= 0.3 is 11.9 Å². The molecule has 15 nitrogen and oxygen atoms in total. The van der Waals surface area contributed by atoms with E-state index >= 15 is 5.11 Å². The number of nitrogens with one attached hydrogen (secondary N) is 2. The van der Waals surface area contributed by atoms with Crippen molar-refractivity contribution in [1.29, 1.82) is 0 Å². The van der Waals surface area contributed by atoms with Crippen LogP contribution in [-0.2, 0) is 45.8 Å². The number of para-hydroxylation sites is 2. The molecule has 2 saturated carbocycles. The molecule has 0 amide bonds. The number of anilines is 2. The molecular weight excluding hydrogens is 985 g/mol. The summed E-state index contributed by atoms with van der Waals surface area (Å²) in [5.41, 5.74) is 7.61. The molecule has 78 heavy (non-hydrogen) atoms. The first-order valence-electron chi connectivity index (χ1n) is 29.3. The SMILES string of the molecule is C/C=C1\CN(C)C2C(C(=O)OC)C23Cc2c([nH]c4ccccc24)[C@H](c2cc(O)c4c(c2)C25CCN6CC[C@@H]7OCCC7(C62)[C@H]2C[C@@H]6[C@H](N7CCC89C(=C(C(=O)OC)CC%10(CCO[C@@H]6%10)C78)Nc6c(OC)cccc69)N4[C@@]25O)CC13. The Morgan fingerprint density at radius 3 is 2.59 bits per heavy atom. The molecule has 0 bridgehead atoms. The number of carbonyl (C=O) groups is 2. The third-order valence-electron chi connectivity index (χ3n) is 25.1. The lowest BCUT2D eigenvalue weighted by molar-refractivity contribution is -0.196. The predicted molar refractivity (Wildman–Crippen MR) is 288 cm³/mol. The average molecular weight is 1060 g/mol. The molecule has 1 aromatic heterocycles. The Bertz CT molecular complexity index is 3480. The number of nitrogens with zero attached hydrogens (tertiary/aromatic N) is 4. The van der Waals surface area contributed by atoms with Gasteiger partial charge in [0.25, 0.3) is 0 Å². The Morgan fingerprint density at radius 2 is 1.76 bits per heavy atom. The number of allylic oxidation sites excluding steroid dienone is 1. The zero-order chi connectivity index (χ0) is 52.5. The Kier molecular flexibility index (Phi) is 8.75. The highest BCUT2D eigenvalue weighted by atomic mass is 16.5. The van der Waals surface area contributed by atoms with E-state index in [-0.39, 0.29) is 94.6 Å². The number of piperidine rings is 4. The number of carbonyl (C=O) groups excluding carboxylic acids is 2. The van der Waals surface area contributed by atoms with Crippen LogP contribution in [0.5, 0.6) is 11.5 Å². The van der Waals surface area contributed by atoms with Crippen LogP contribution < -0.4 is 15.0 Å². The van der Waals surface area contributed by atoms with E-state index in [1.165, 1.54) is 30.7 Å². The zero-order valence-corrected chi connectivity index (χ0v) is 45.3. The van der Waals surface area contributed by atoms with Gasteiger partial charge in [0, 0.05) is 107 Å². The molecule has 17 atom stereocenters. The number of hydrogen-bond donors (Lipinski definition) is 4. The number of esters is 2. The fraction of sp³-hybridized carbons (Fsp3) is 0.587. The molecule has 14 aliphatic rings. The monoisotopic (exact) mass is 1050 g/mol. The van der Waals surface area contributed by atoms with Gasteiger partial charge in [-0.3, -0.25) is 19.5 Å². The lowest BCUT2D eigenvalue weighted by Gasteiger charge is -2.67. The van der Waals surface area contributed by atoms with Crippen molar-refractivity contribution in [3.63, 3.8) is 0 Å². The topological polar surface area (TPSA) is 162 Å². The number of benzene rings is 3. The van der Waals surface area contributed by atoms with Gasteiger partial charge < -0.3 is 49.1 Å². The molecule has 4 aliphatic carbocycles. The van der Waals surface area contributed by atoms with E-state index in [0.29, 0.717) is 25.2 Å². The van der Waals surface area contributed by atoms with Crippen LogP contribution in [0.3, 0.4) is 0 Å². The number of aromatic amines is 1. The highest BCUT2D eigenvalue weighted by Crippen LogP contribution is 2.81. The summed E-state index contributed by atoms with van der Waals surface area (Å²) in [7, 11) is 6.92. The van der Waals surface area contributed by atoms with Gasteiger partial charge in [0.15, 0.2) is 5.72 Å². The summed E-state index contributed by atoms with van der Waals surface area (Å²) in [6, 6.07) is 19.5. The normalized spacial score (nSPS) is 44.7. The standard InChI is InChI=1S/C63H70N6O9/c1-6-31-30-66(2)51-46(55(72)76-5)61(51)29-36-33-10-7-8-12-41(33)64-47(36)34(26-39(31)61)32-24-40-49(42(70)25-32)69-53-35(27-44-60-18-23-77-45(60)14-19-67-20-16-62(40,57(60)67)63(44,69)73)52-58(17-22-78-52)28-37(54(71)75-4)50-59(15-21-68(53)56(58)59)38-11-9-13-43(74-3)48(38)65-50/h6-13,24-25,34-35,39,44-46,51-53,56-57,64-65,70,73H,14-23,26-30H2,1-5H3/b31-6+/t34-,35-,39?,44+,45-,46?,51?,52-,53+,56?,57?,58?,59?,60?,61?,62?,63+/m0/s1. The summed E-state index contributed by atoms with van der Waals surface area (Å²) in [6.45, 7) is 6.71. The summed E-state index contributed by atoms with van der Waals surface area (Å²) in [5, 5.41) is 34.0. The van der Waals surface area contributed by atoms with Crippen LogP contribution in [-0.4, -0.2) is 152 Å². The molecule has 3 aromatic carbocycles. The number of fused-ring (bicyclic) bond motifs is 10. The molecule has 8 saturated heterocycles. The number of aromatic nitrogens is 1. The molecule has 10 fully saturated rings. The number of phenols is 1. The number of aliphatic hydroxyl groups is 1. The number of likely N-dealkylation sites (N-methyl/N-ethyl adjacent to an activating group) is 1. The number of ether oxygens (including phenoxy) is 5. The average Bonchev–Trinajstić information content (AvgIpc) is 2.59. The van der Waals surface area contributed by atoms with E-state index in [4.69, 9.17) is 23.7 Å². The van der Waals surface area contributed by atoms with Crippen molar-refractivity contribution in [2.45, 2.75) is 124 Å². The van der Waals surface area contributed by atoms with E-state index in [9.17, 15) is 14.7 Å². The number of likely N-dealkylation sites (tertiary alicyclic amines) is 1. The highest BCUT2D eigenvalue weighted by Gasteiger charge is 2.89. The third-order valence-corrected chi connectivity index (χ3v) is 25.1. The fourth-order valence-electron chi connectivity index (χ4n) is 23.1. The number of rotatable bonds is 4. The Labute approximate surface area is 454 Å². The maximum atomic E-state index is 15.3. The van der Waals surface area contributed by atoms with Crippen molar-refractivity contribution in [2.75, 3.05) is 78.0 Å². The molecule has 0 radical (unpaired) electrons. The van der Waals surface area contributed by atoms with E-state index in [2.05, 4.69) is 98.5 Å². The van der Waals surface area contributed by atoms with Gasteiger partial charge in [-0.1, -0.05) is 48.0 Å². The van der Waals surface area contributed by atoms with Crippen molar-refractivity contribution >= 4 is 34.2 Å². The van der Waals surface area contributed by atoms with Crippen molar-refractivity contribution in [3.05, 3.63) is 105 Å². The van der Waals surface area contributed by atoms with Gasteiger partial charge in [0.2, 0.25) is 0 Å². The van der Waals surface area contributed by atoms with Crippen molar-refractivity contribution < 1.29 is 43.5 Å². The van der Waals surface area contributed by atoms with Crippen molar-refractivity contribution in [1.82, 2.24) is 19.7 Å². The van der Waals surface area contributed by atoms with Gasteiger partial charge in [-0.15, -0.1) is 0 Å². The molecule has 10 unspecified atom stereocenters. The molecule has 11 heterocycles. The van der Waals surface area contributed by atoms with Crippen molar-refractivity contribution in [2.24, 2.45) is 39.9 Å². The minimum atomic E-state index is -1.36. The summed E-state index contributed by atoms with van der Waals surface area (Å²) in [6.07, 6.45) is 8.69. The van der Waals surface area contributed by atoms with Crippen LogP contribution in [0.1, 0.15) is 92.2 Å². The minimum absolute atomic E-state index is 0.000568. The smallest absolute Gasteiger partial charge is 0.335 e. The molecule has 5 spiro atoms. The third kappa shape index (κ3) is 4.70. The molecule has 4 aromatic rings. The highest BCUT2D eigenvalue weighted by molar-refractivity contribution is 5.94. The number of aromatic hydroxyl groups is 1. The zero-order valence-electron chi connectivity index (χ0n) is 45.3. The maximum absolute atomic E-state index is 15.3. The van der Waals surface area contributed by atoms with E-state index in [0.717, 1.165) is 128 Å².